The zero-order valence-corrected chi connectivity index (χ0v) is 14.8. The normalized spacial score (nSPS) is 10.5. The van der Waals surface area contributed by atoms with Crippen molar-refractivity contribution in [2.75, 3.05) is 6.61 Å². The molecule has 0 atom stereocenters. The van der Waals surface area contributed by atoms with Crippen molar-refractivity contribution in [2.45, 2.75) is 13.5 Å². The second-order valence-corrected chi connectivity index (χ2v) is 5.83. The van der Waals surface area contributed by atoms with Crippen LogP contribution in [0.2, 0.25) is 5.02 Å². The number of carbonyl (C=O) groups is 1. The zero-order chi connectivity index (χ0) is 18.5. The van der Waals surface area contributed by atoms with Crippen LogP contribution < -0.4 is 15.2 Å². The van der Waals surface area contributed by atoms with Gasteiger partial charge < -0.3 is 15.2 Å². The number of nitrogens with one attached hydrogen (secondary N) is 1. The van der Waals surface area contributed by atoms with Crippen molar-refractivity contribution >= 4 is 17.5 Å². The molecule has 8 heteroatoms. The van der Waals surface area contributed by atoms with Crippen molar-refractivity contribution in [3.05, 3.63) is 58.7 Å². The van der Waals surface area contributed by atoms with Gasteiger partial charge in [-0.3, -0.25) is 4.79 Å². The first kappa shape index (κ1) is 17.8. The van der Waals surface area contributed by atoms with Crippen molar-refractivity contribution in [1.82, 2.24) is 15.4 Å². The van der Waals surface area contributed by atoms with Gasteiger partial charge in [0, 0.05) is 10.6 Å². The van der Waals surface area contributed by atoms with Crippen LogP contribution in [0.3, 0.4) is 0 Å². The number of aromatic nitrogens is 3. The predicted octanol–water partition coefficient (Wildman–Crippen LogP) is 3.20. The lowest BCUT2D eigenvalue weighted by Gasteiger charge is -2.13. The van der Waals surface area contributed by atoms with Crippen LogP contribution in [-0.4, -0.2) is 27.9 Å². The summed E-state index contributed by atoms with van der Waals surface area (Å²) in [7, 11) is 0. The Kier molecular flexibility index (Phi) is 5.38. The molecule has 0 fully saturated rings. The smallest absolute Gasteiger partial charge is 0.271 e. The van der Waals surface area contributed by atoms with Crippen LogP contribution in [0, 0.1) is 0 Å². The number of primary amides is 1. The second kappa shape index (κ2) is 7.88. The predicted molar refractivity (Wildman–Crippen MR) is 97.3 cm³/mol. The minimum atomic E-state index is -0.659. The van der Waals surface area contributed by atoms with Gasteiger partial charge in [0.05, 0.1) is 6.61 Å². The van der Waals surface area contributed by atoms with Crippen molar-refractivity contribution in [2.24, 2.45) is 5.73 Å². The molecule has 26 heavy (non-hydrogen) atoms. The van der Waals surface area contributed by atoms with Gasteiger partial charge in [-0.05, 0) is 42.8 Å². The molecule has 0 aliphatic carbocycles. The summed E-state index contributed by atoms with van der Waals surface area (Å²) in [4.78, 5) is 11.5. The number of nitrogens with two attached hydrogens (primary N) is 1. The summed E-state index contributed by atoms with van der Waals surface area (Å²) in [5, 5.41) is 10.8. The van der Waals surface area contributed by atoms with Crippen LogP contribution in [-0.2, 0) is 6.61 Å². The van der Waals surface area contributed by atoms with Crippen molar-refractivity contribution in [3.63, 3.8) is 0 Å². The molecule has 1 amide bonds. The molecular weight excluding hydrogens is 356 g/mol. The highest BCUT2D eigenvalue weighted by atomic mass is 35.5. The molecule has 0 bridgehead atoms. The van der Waals surface area contributed by atoms with Crippen molar-refractivity contribution in [1.29, 1.82) is 0 Å². The highest BCUT2D eigenvalue weighted by molar-refractivity contribution is 6.30. The van der Waals surface area contributed by atoms with Crippen LogP contribution in [0.5, 0.6) is 11.5 Å². The Morgan fingerprint density at radius 2 is 2.00 bits per heavy atom. The molecule has 3 aromatic rings. The van der Waals surface area contributed by atoms with E-state index < -0.39 is 5.91 Å². The van der Waals surface area contributed by atoms with E-state index in [0.29, 0.717) is 41.0 Å². The van der Waals surface area contributed by atoms with Gasteiger partial charge >= 0.3 is 0 Å². The first-order valence-electron chi connectivity index (χ1n) is 7.93. The van der Waals surface area contributed by atoms with E-state index in [1.54, 1.807) is 24.3 Å². The summed E-state index contributed by atoms with van der Waals surface area (Å²) >= 11 is 5.99. The Labute approximate surface area is 155 Å². The van der Waals surface area contributed by atoms with E-state index in [1.165, 1.54) is 0 Å². The molecule has 1 heterocycles. The van der Waals surface area contributed by atoms with Gasteiger partial charge in [-0.1, -0.05) is 23.7 Å². The fourth-order valence-corrected chi connectivity index (χ4v) is 2.65. The number of amides is 1. The number of benzene rings is 2. The number of carbonyl (C=O) groups excluding carboxylic acids is 1. The van der Waals surface area contributed by atoms with E-state index in [4.69, 9.17) is 26.8 Å². The van der Waals surface area contributed by atoms with Gasteiger partial charge in [0.2, 0.25) is 0 Å². The van der Waals surface area contributed by atoms with Gasteiger partial charge in [0.1, 0.15) is 12.3 Å². The summed E-state index contributed by atoms with van der Waals surface area (Å²) in [5.74, 6) is 0.443. The number of hydrogen-bond acceptors (Lipinski definition) is 5. The third-order valence-electron chi connectivity index (χ3n) is 3.58. The molecule has 3 rings (SSSR count). The van der Waals surface area contributed by atoms with E-state index in [0.717, 1.165) is 5.56 Å². The SMILES string of the molecule is CCOc1cc(-c2n[nH]nc2C(N)=O)ccc1OCc1cccc(Cl)c1. The van der Waals surface area contributed by atoms with Gasteiger partial charge in [-0.25, -0.2) is 0 Å². The lowest BCUT2D eigenvalue weighted by Crippen LogP contribution is -2.12. The molecule has 0 radical (unpaired) electrons. The summed E-state index contributed by atoms with van der Waals surface area (Å²) in [6.07, 6.45) is 0. The number of ether oxygens (including phenoxy) is 2. The molecule has 3 N–H and O–H groups in total. The molecule has 0 aliphatic heterocycles. The minimum absolute atomic E-state index is 0.0695. The molecule has 7 nitrogen and oxygen atoms in total. The fraction of sp³-hybridized carbons (Fsp3) is 0.167. The highest BCUT2D eigenvalue weighted by Crippen LogP contribution is 2.33. The number of halogens is 1. The zero-order valence-electron chi connectivity index (χ0n) is 14.0. The Morgan fingerprint density at radius 3 is 2.73 bits per heavy atom. The van der Waals surface area contributed by atoms with E-state index in [-0.39, 0.29) is 5.69 Å². The minimum Gasteiger partial charge on any atom is -0.490 e. The second-order valence-electron chi connectivity index (χ2n) is 5.40. The maximum atomic E-state index is 11.5. The van der Waals surface area contributed by atoms with E-state index in [1.807, 2.05) is 25.1 Å². The lowest BCUT2D eigenvalue weighted by molar-refractivity contribution is 0.0996. The molecule has 0 aliphatic rings. The van der Waals surface area contributed by atoms with Gasteiger partial charge in [-0.2, -0.15) is 15.4 Å². The topological polar surface area (TPSA) is 103 Å². The van der Waals surface area contributed by atoms with Crippen LogP contribution >= 0.6 is 11.6 Å². The lowest BCUT2D eigenvalue weighted by atomic mass is 10.1. The van der Waals surface area contributed by atoms with Crippen molar-refractivity contribution in [3.8, 4) is 22.8 Å². The van der Waals surface area contributed by atoms with Gasteiger partial charge in [0.25, 0.3) is 5.91 Å². The Bertz CT molecular complexity index is 926. The molecule has 1 aromatic heterocycles. The van der Waals surface area contributed by atoms with Gasteiger partial charge in [0.15, 0.2) is 17.2 Å². The van der Waals surface area contributed by atoms with E-state index in [9.17, 15) is 4.79 Å². The molecule has 2 aromatic carbocycles. The van der Waals surface area contributed by atoms with Crippen molar-refractivity contribution < 1.29 is 14.3 Å². The van der Waals surface area contributed by atoms with E-state index in [2.05, 4.69) is 15.4 Å². The Morgan fingerprint density at radius 1 is 1.15 bits per heavy atom. The number of hydrogen-bond donors (Lipinski definition) is 2. The van der Waals surface area contributed by atoms with E-state index >= 15 is 0 Å². The molecule has 0 spiro atoms. The maximum absolute atomic E-state index is 11.5. The number of nitrogens with zero attached hydrogens (tertiary/aromatic N) is 2. The molecular formula is C18H17ClN4O3. The van der Waals surface area contributed by atoms with Crippen LogP contribution in [0.4, 0.5) is 0 Å². The first-order valence-corrected chi connectivity index (χ1v) is 8.31. The third-order valence-corrected chi connectivity index (χ3v) is 3.82. The average Bonchev–Trinajstić information content (AvgIpc) is 3.11. The summed E-state index contributed by atoms with van der Waals surface area (Å²) < 4.78 is 11.5. The fourth-order valence-electron chi connectivity index (χ4n) is 2.43. The quantitative estimate of drug-likeness (QED) is 0.662. The average molecular weight is 373 g/mol. The number of rotatable bonds is 7. The van der Waals surface area contributed by atoms with Crippen LogP contribution in [0.15, 0.2) is 42.5 Å². The molecule has 0 unspecified atom stereocenters. The standard InChI is InChI=1S/C18H17ClN4O3/c1-2-25-15-9-12(16-17(18(20)24)22-23-21-16)6-7-14(15)26-10-11-4-3-5-13(19)8-11/h3-9H,2,10H2,1H3,(H2,20,24)(H,21,22,23). The summed E-state index contributed by atoms with van der Waals surface area (Å²) in [6.45, 7) is 2.67. The number of H-pyrrole nitrogens is 1. The number of aromatic amines is 1. The highest BCUT2D eigenvalue weighted by Gasteiger charge is 2.17. The molecule has 134 valence electrons. The first-order chi connectivity index (χ1) is 12.6. The van der Waals surface area contributed by atoms with Crippen LogP contribution in [0.1, 0.15) is 23.0 Å². The Hall–Kier alpha value is -3.06. The molecule has 0 saturated carbocycles. The maximum Gasteiger partial charge on any atom is 0.271 e. The Balaban J connectivity index is 1.87. The summed E-state index contributed by atoms with van der Waals surface area (Å²) in [5.41, 5.74) is 7.34. The van der Waals surface area contributed by atoms with Gasteiger partial charge in [-0.15, -0.1) is 0 Å². The monoisotopic (exact) mass is 372 g/mol. The van der Waals surface area contributed by atoms with Crippen LogP contribution in [0.25, 0.3) is 11.3 Å². The molecule has 0 saturated heterocycles. The third kappa shape index (κ3) is 3.94. The summed E-state index contributed by atoms with van der Waals surface area (Å²) in [6, 6.07) is 12.7. The largest absolute Gasteiger partial charge is 0.490 e.